The van der Waals surface area contributed by atoms with Crippen LogP contribution in [0.4, 0.5) is 26.3 Å². The molecule has 0 bridgehead atoms. The summed E-state index contributed by atoms with van der Waals surface area (Å²) in [5.74, 6) is -6.31. The number of hydrogen-bond donors (Lipinski definition) is 0. The third-order valence-electron chi connectivity index (χ3n) is 6.23. The van der Waals surface area contributed by atoms with Crippen molar-refractivity contribution >= 4 is 0 Å². The second-order valence-electron chi connectivity index (χ2n) is 8.67. The Morgan fingerprint density at radius 3 is 2.09 bits per heavy atom. The van der Waals surface area contributed by atoms with E-state index in [1.807, 2.05) is 0 Å². The molecule has 182 valence electrons. The van der Waals surface area contributed by atoms with Crippen molar-refractivity contribution in [2.75, 3.05) is 0 Å². The van der Waals surface area contributed by atoms with Crippen LogP contribution in [0, 0.1) is 29.3 Å². The number of rotatable bonds is 9. The molecule has 3 rings (SSSR count). The SMILES string of the molecule is [2H]c1cc(-c2c([2H])c(F)c(OC(F)(F)F)c(F)c2[2H])c(F)c([2H])c1CCC1CCC(CCCCC)CC1. The molecule has 1 aliphatic rings. The highest BCUT2D eigenvalue weighted by molar-refractivity contribution is 5.65. The van der Waals surface area contributed by atoms with Gasteiger partial charge >= 0.3 is 6.36 Å². The summed E-state index contributed by atoms with van der Waals surface area (Å²) in [5.41, 5.74) is -1.66. The quantitative estimate of drug-likeness (QED) is 0.259. The minimum Gasteiger partial charge on any atom is -0.399 e. The van der Waals surface area contributed by atoms with Gasteiger partial charge in [-0.1, -0.05) is 70.4 Å². The zero-order valence-corrected chi connectivity index (χ0v) is 18.5. The standard InChI is InChI=1S/C26H30F6O/c1-2-3-4-5-17-6-8-18(9-7-17)10-11-19-12-13-21(22(27)14-19)20-15-23(28)25(24(29)16-20)33-26(30,31)32/h12-18H,2-11H2,1H3/i12D,14D,15D,16D. The summed E-state index contributed by atoms with van der Waals surface area (Å²) in [4.78, 5) is 0. The smallest absolute Gasteiger partial charge is 0.399 e. The largest absolute Gasteiger partial charge is 0.573 e. The lowest BCUT2D eigenvalue weighted by Crippen LogP contribution is -2.19. The lowest BCUT2D eigenvalue weighted by molar-refractivity contribution is -0.276. The first-order valence-electron chi connectivity index (χ1n) is 13.4. The maximum Gasteiger partial charge on any atom is 0.573 e. The summed E-state index contributed by atoms with van der Waals surface area (Å²) in [6, 6.07) is -2.92. The summed E-state index contributed by atoms with van der Waals surface area (Å²) >= 11 is 0. The van der Waals surface area contributed by atoms with E-state index in [1.165, 1.54) is 25.7 Å². The van der Waals surface area contributed by atoms with Crippen LogP contribution < -0.4 is 4.74 Å². The van der Waals surface area contributed by atoms with Gasteiger partial charge in [0.1, 0.15) is 5.82 Å². The third-order valence-corrected chi connectivity index (χ3v) is 6.23. The third kappa shape index (κ3) is 7.41. The molecular weight excluding hydrogens is 442 g/mol. The molecule has 2 aromatic rings. The van der Waals surface area contributed by atoms with Crippen LogP contribution in [-0.2, 0) is 6.42 Å². The van der Waals surface area contributed by atoms with Crippen molar-refractivity contribution in [2.45, 2.75) is 77.5 Å². The Bertz CT molecular complexity index is 1080. The van der Waals surface area contributed by atoms with E-state index in [9.17, 15) is 22.0 Å². The lowest BCUT2D eigenvalue weighted by Gasteiger charge is -2.28. The molecule has 0 atom stereocenters. The molecular formula is C26H30F6O. The maximum absolute atomic E-state index is 15.2. The maximum atomic E-state index is 15.2. The predicted octanol–water partition coefficient (Wildman–Crippen LogP) is 8.99. The first kappa shape index (κ1) is 20.2. The van der Waals surface area contributed by atoms with Crippen LogP contribution >= 0.6 is 0 Å². The number of halogens is 6. The zero-order chi connectivity index (χ0) is 27.5. The molecule has 0 radical (unpaired) electrons. The van der Waals surface area contributed by atoms with Crippen molar-refractivity contribution in [3.63, 3.8) is 0 Å². The highest BCUT2D eigenvalue weighted by atomic mass is 19.4. The fourth-order valence-electron chi connectivity index (χ4n) is 4.42. The summed E-state index contributed by atoms with van der Waals surface area (Å²) in [5, 5.41) is 0. The number of hydrogen-bond acceptors (Lipinski definition) is 1. The van der Waals surface area contributed by atoms with Gasteiger partial charge in [0.05, 0.1) is 5.48 Å². The highest BCUT2D eigenvalue weighted by Crippen LogP contribution is 2.36. The predicted molar refractivity (Wildman–Crippen MR) is 116 cm³/mol. The second kappa shape index (κ2) is 11.3. The molecule has 0 spiro atoms. The molecule has 0 N–H and O–H groups in total. The number of alkyl halides is 3. The molecule has 0 aliphatic heterocycles. The summed E-state index contributed by atoms with van der Waals surface area (Å²) in [6.45, 7) is 2.17. The van der Waals surface area contributed by atoms with Crippen molar-refractivity contribution in [1.82, 2.24) is 0 Å². The summed E-state index contributed by atoms with van der Waals surface area (Å²) in [6.07, 6.45) is 4.57. The summed E-state index contributed by atoms with van der Waals surface area (Å²) < 4.78 is 117. The van der Waals surface area contributed by atoms with Crippen molar-refractivity contribution in [3.8, 4) is 16.9 Å². The van der Waals surface area contributed by atoms with Gasteiger partial charge in [-0.05, 0) is 53.9 Å². The van der Waals surface area contributed by atoms with Crippen LogP contribution in [0.2, 0.25) is 0 Å². The van der Waals surface area contributed by atoms with Gasteiger partial charge in [0.25, 0.3) is 0 Å². The highest BCUT2D eigenvalue weighted by Gasteiger charge is 2.34. The Kier molecular flexibility index (Phi) is 6.92. The Balaban J connectivity index is 1.81. The van der Waals surface area contributed by atoms with Gasteiger partial charge < -0.3 is 4.74 Å². The van der Waals surface area contributed by atoms with E-state index < -0.39 is 58.8 Å². The first-order chi connectivity index (χ1) is 17.4. The summed E-state index contributed by atoms with van der Waals surface area (Å²) in [7, 11) is 0. The van der Waals surface area contributed by atoms with Crippen molar-refractivity contribution in [1.29, 1.82) is 0 Å². The molecule has 1 aliphatic carbocycles. The molecule has 2 aromatic carbocycles. The van der Waals surface area contributed by atoms with Gasteiger partial charge in [0.15, 0.2) is 11.6 Å². The van der Waals surface area contributed by atoms with Crippen LogP contribution in [-0.4, -0.2) is 6.36 Å². The minimum absolute atomic E-state index is 0.0994. The van der Waals surface area contributed by atoms with Gasteiger partial charge in [-0.15, -0.1) is 13.2 Å². The number of unbranched alkanes of at least 4 members (excludes halogenated alkanes) is 2. The Morgan fingerprint density at radius 2 is 1.52 bits per heavy atom. The average molecular weight is 477 g/mol. The number of ether oxygens (including phenoxy) is 1. The molecule has 0 saturated heterocycles. The number of benzene rings is 2. The van der Waals surface area contributed by atoms with Gasteiger partial charge in [-0.3, -0.25) is 0 Å². The van der Waals surface area contributed by atoms with Crippen LogP contribution in [0.15, 0.2) is 30.2 Å². The lowest BCUT2D eigenvalue weighted by atomic mass is 9.78. The van der Waals surface area contributed by atoms with Crippen LogP contribution in [0.3, 0.4) is 0 Å². The van der Waals surface area contributed by atoms with Crippen LogP contribution in [0.1, 0.15) is 75.8 Å². The molecule has 0 amide bonds. The molecule has 0 unspecified atom stereocenters. The molecule has 0 heterocycles. The van der Waals surface area contributed by atoms with Gasteiger partial charge in [0, 0.05) is 5.56 Å². The fourth-order valence-corrected chi connectivity index (χ4v) is 4.42. The molecule has 7 heteroatoms. The van der Waals surface area contributed by atoms with Crippen LogP contribution in [0.5, 0.6) is 5.75 Å². The van der Waals surface area contributed by atoms with E-state index in [2.05, 4.69) is 11.7 Å². The van der Waals surface area contributed by atoms with E-state index in [1.54, 1.807) is 0 Å². The van der Waals surface area contributed by atoms with E-state index >= 15 is 4.39 Å². The van der Waals surface area contributed by atoms with Gasteiger partial charge in [-0.25, -0.2) is 13.2 Å². The fraction of sp³-hybridized carbons (Fsp3) is 0.538. The normalized spacial score (nSPS) is 20.7. The topological polar surface area (TPSA) is 9.23 Å². The second-order valence-corrected chi connectivity index (χ2v) is 8.67. The van der Waals surface area contributed by atoms with E-state index in [-0.39, 0.29) is 18.0 Å². The Morgan fingerprint density at radius 1 is 0.909 bits per heavy atom. The first-order valence-corrected chi connectivity index (χ1v) is 11.4. The Hall–Kier alpha value is -2.18. The van der Waals surface area contributed by atoms with Gasteiger partial charge in [0.2, 0.25) is 5.75 Å². The monoisotopic (exact) mass is 476 g/mol. The Labute approximate surface area is 196 Å². The zero-order valence-electron chi connectivity index (χ0n) is 22.5. The van der Waals surface area contributed by atoms with Crippen molar-refractivity contribution in [2.24, 2.45) is 11.8 Å². The molecule has 1 fully saturated rings. The van der Waals surface area contributed by atoms with Crippen molar-refractivity contribution < 1.29 is 36.6 Å². The molecule has 1 saturated carbocycles. The van der Waals surface area contributed by atoms with Crippen molar-refractivity contribution in [3.05, 3.63) is 53.3 Å². The van der Waals surface area contributed by atoms with Gasteiger partial charge in [-0.2, -0.15) is 0 Å². The van der Waals surface area contributed by atoms with E-state index in [4.69, 9.17) is 5.48 Å². The average Bonchev–Trinajstić information content (AvgIpc) is 2.84. The minimum atomic E-state index is -5.48. The molecule has 0 aromatic heterocycles. The van der Waals surface area contributed by atoms with E-state index in [0.717, 1.165) is 31.7 Å². The molecule has 33 heavy (non-hydrogen) atoms. The van der Waals surface area contributed by atoms with Crippen LogP contribution in [0.25, 0.3) is 11.1 Å². The molecule has 1 nitrogen and oxygen atoms in total. The van der Waals surface area contributed by atoms with E-state index in [0.29, 0.717) is 18.3 Å².